The van der Waals surface area contributed by atoms with E-state index in [9.17, 15) is 14.4 Å². The molecular weight excluding hydrogens is 456 g/mol. The molecule has 36 heavy (non-hydrogen) atoms. The molecule has 0 amide bonds. The predicted molar refractivity (Wildman–Crippen MR) is 139 cm³/mol. The summed E-state index contributed by atoms with van der Waals surface area (Å²) in [5, 5.41) is 0. The van der Waals surface area contributed by atoms with Crippen LogP contribution in [0.4, 0.5) is 0 Å². The Morgan fingerprint density at radius 1 is 0.944 bits per heavy atom. The summed E-state index contributed by atoms with van der Waals surface area (Å²) >= 11 is 0. The minimum absolute atomic E-state index is 0.0694. The molecule has 2 aromatic carbocycles. The van der Waals surface area contributed by atoms with Crippen LogP contribution in [0, 0.1) is 0 Å². The number of aromatic nitrogens is 2. The first-order chi connectivity index (χ1) is 17.1. The predicted octanol–water partition coefficient (Wildman–Crippen LogP) is 5.43. The summed E-state index contributed by atoms with van der Waals surface area (Å²) in [6, 6.07) is 15.0. The van der Waals surface area contributed by atoms with Gasteiger partial charge in [0.25, 0.3) is 5.56 Å². The van der Waals surface area contributed by atoms with E-state index < -0.39 is 17.1 Å². The number of hydrogen-bond donors (Lipinski definition) is 0. The molecule has 0 saturated heterocycles. The third-order valence-corrected chi connectivity index (χ3v) is 5.53. The summed E-state index contributed by atoms with van der Waals surface area (Å²) in [4.78, 5) is 42.6. The van der Waals surface area contributed by atoms with Gasteiger partial charge in [0.2, 0.25) is 0 Å². The van der Waals surface area contributed by atoms with Gasteiger partial charge in [0.05, 0.1) is 18.7 Å². The molecule has 190 valence electrons. The van der Waals surface area contributed by atoms with Crippen molar-refractivity contribution >= 4 is 11.9 Å². The van der Waals surface area contributed by atoms with Crippen molar-refractivity contribution in [2.45, 2.75) is 66.0 Å². The molecule has 3 rings (SSSR count). The average molecular weight is 491 g/mol. The number of carbonyl (C=O) groups excluding carboxylic acids is 2. The maximum absolute atomic E-state index is 13.2. The molecule has 7 heteroatoms. The van der Waals surface area contributed by atoms with Crippen molar-refractivity contribution in [2.75, 3.05) is 6.61 Å². The Hall–Kier alpha value is -3.74. The van der Waals surface area contributed by atoms with Gasteiger partial charge in [-0.25, -0.2) is 14.6 Å². The number of benzene rings is 2. The number of unbranched alkanes of at least 4 members (excludes halogenated alkanes) is 1. The van der Waals surface area contributed by atoms with E-state index in [0.717, 1.165) is 29.5 Å². The summed E-state index contributed by atoms with van der Waals surface area (Å²) in [5.74, 6) is -0.412. The van der Waals surface area contributed by atoms with Crippen LogP contribution >= 0.6 is 0 Å². The Kier molecular flexibility index (Phi) is 8.80. The third kappa shape index (κ3) is 6.68. The van der Waals surface area contributed by atoms with Crippen LogP contribution in [0.25, 0.3) is 11.1 Å². The molecule has 0 aliphatic carbocycles. The molecule has 1 heterocycles. The number of esters is 2. The fourth-order valence-corrected chi connectivity index (χ4v) is 3.79. The first-order valence-electron chi connectivity index (χ1n) is 12.3. The van der Waals surface area contributed by atoms with Crippen LogP contribution in [0.5, 0.6) is 0 Å². The van der Waals surface area contributed by atoms with Crippen LogP contribution in [0.15, 0.2) is 59.5 Å². The van der Waals surface area contributed by atoms with Crippen molar-refractivity contribution in [1.82, 2.24) is 9.55 Å². The lowest BCUT2D eigenvalue weighted by atomic mass is 9.98. The van der Waals surface area contributed by atoms with Crippen LogP contribution < -0.4 is 5.56 Å². The molecule has 3 aromatic rings. The number of carbonyl (C=O) groups is 2. The molecule has 0 N–H and O–H groups in total. The Morgan fingerprint density at radius 3 is 2.28 bits per heavy atom. The highest BCUT2D eigenvalue weighted by atomic mass is 16.6. The van der Waals surface area contributed by atoms with Crippen LogP contribution in [-0.2, 0) is 22.4 Å². The fourth-order valence-electron chi connectivity index (χ4n) is 3.79. The highest BCUT2D eigenvalue weighted by Crippen LogP contribution is 2.26. The zero-order chi connectivity index (χ0) is 26.3. The van der Waals surface area contributed by atoms with Crippen molar-refractivity contribution < 1.29 is 19.1 Å². The Bertz CT molecular complexity index is 1270. The Balaban J connectivity index is 1.93. The van der Waals surface area contributed by atoms with Crippen LogP contribution in [0.1, 0.15) is 79.6 Å². The zero-order valence-electron chi connectivity index (χ0n) is 21.7. The third-order valence-electron chi connectivity index (χ3n) is 5.53. The van der Waals surface area contributed by atoms with Crippen molar-refractivity contribution in [1.29, 1.82) is 0 Å². The van der Waals surface area contributed by atoms with E-state index in [1.165, 1.54) is 6.20 Å². The number of hydrogen-bond acceptors (Lipinski definition) is 6. The molecule has 0 spiro atoms. The van der Waals surface area contributed by atoms with Gasteiger partial charge in [-0.3, -0.25) is 9.36 Å². The molecule has 0 bridgehead atoms. The lowest BCUT2D eigenvalue weighted by molar-refractivity contribution is 0.00702. The van der Waals surface area contributed by atoms with E-state index in [2.05, 4.69) is 11.9 Å². The summed E-state index contributed by atoms with van der Waals surface area (Å²) < 4.78 is 12.2. The summed E-state index contributed by atoms with van der Waals surface area (Å²) in [7, 11) is 0. The summed E-state index contributed by atoms with van der Waals surface area (Å²) in [6.45, 7) is 9.74. The van der Waals surface area contributed by atoms with Gasteiger partial charge < -0.3 is 9.47 Å². The van der Waals surface area contributed by atoms with Crippen LogP contribution in [0.3, 0.4) is 0 Å². The van der Waals surface area contributed by atoms with Crippen molar-refractivity contribution in [3.05, 3.63) is 87.6 Å². The van der Waals surface area contributed by atoms with Gasteiger partial charge in [0.1, 0.15) is 17.0 Å². The lowest BCUT2D eigenvalue weighted by Crippen LogP contribution is -2.31. The maximum Gasteiger partial charge on any atom is 0.345 e. The summed E-state index contributed by atoms with van der Waals surface area (Å²) in [6.07, 6.45) is 3.79. The average Bonchev–Trinajstić information content (AvgIpc) is 2.84. The quantitative estimate of drug-likeness (QED) is 0.372. The van der Waals surface area contributed by atoms with E-state index in [1.807, 2.05) is 63.2 Å². The van der Waals surface area contributed by atoms with Crippen LogP contribution in [-0.4, -0.2) is 33.7 Å². The van der Waals surface area contributed by atoms with E-state index in [1.54, 1.807) is 17.6 Å². The van der Waals surface area contributed by atoms with E-state index in [0.29, 0.717) is 17.8 Å². The van der Waals surface area contributed by atoms with Crippen molar-refractivity contribution in [3.8, 4) is 11.1 Å². The van der Waals surface area contributed by atoms with Crippen molar-refractivity contribution in [3.63, 3.8) is 0 Å². The fraction of sp³-hybridized carbons (Fsp3) is 0.379. The zero-order valence-corrected chi connectivity index (χ0v) is 21.7. The molecule has 0 unspecified atom stereocenters. The standard InChI is InChI=1S/C29H34N2O5/c1-6-8-13-25-30-18-24(27(33)35-7-2)26(32)31(25)19-20-14-16-21(17-15-20)22-11-9-10-12-23(22)28(34)36-29(3,4)5/h9-12,14-18H,6-8,13,19H2,1-5H3. The minimum atomic E-state index is -0.667. The Morgan fingerprint density at radius 2 is 1.64 bits per heavy atom. The highest BCUT2D eigenvalue weighted by Gasteiger charge is 2.21. The molecule has 0 saturated carbocycles. The topological polar surface area (TPSA) is 87.5 Å². The Labute approximate surface area is 212 Å². The van der Waals surface area contributed by atoms with Gasteiger partial charge >= 0.3 is 11.9 Å². The van der Waals surface area contributed by atoms with Gasteiger partial charge in [-0.2, -0.15) is 0 Å². The number of nitrogens with zero attached hydrogens (tertiary/aromatic N) is 2. The van der Waals surface area contributed by atoms with Crippen molar-refractivity contribution in [2.24, 2.45) is 0 Å². The molecule has 0 radical (unpaired) electrons. The second kappa shape index (κ2) is 11.8. The second-order valence-electron chi connectivity index (χ2n) is 9.55. The van der Waals surface area contributed by atoms with E-state index in [-0.39, 0.29) is 24.7 Å². The van der Waals surface area contributed by atoms with Crippen LogP contribution in [0.2, 0.25) is 0 Å². The first kappa shape index (κ1) is 26.9. The number of rotatable bonds is 9. The first-order valence-corrected chi connectivity index (χ1v) is 12.3. The molecule has 0 atom stereocenters. The molecule has 7 nitrogen and oxygen atoms in total. The molecule has 1 aromatic heterocycles. The lowest BCUT2D eigenvalue weighted by Gasteiger charge is -2.20. The normalized spacial score (nSPS) is 11.2. The monoisotopic (exact) mass is 490 g/mol. The number of ether oxygens (including phenoxy) is 2. The van der Waals surface area contributed by atoms with Gasteiger partial charge in [0, 0.05) is 12.6 Å². The molecule has 0 aliphatic rings. The van der Waals surface area contributed by atoms with E-state index in [4.69, 9.17) is 9.47 Å². The summed E-state index contributed by atoms with van der Waals surface area (Å²) in [5.41, 5.74) is 1.92. The smallest absolute Gasteiger partial charge is 0.345 e. The number of aryl methyl sites for hydroxylation is 1. The second-order valence-corrected chi connectivity index (χ2v) is 9.55. The molecule has 0 fully saturated rings. The van der Waals surface area contributed by atoms with Gasteiger partial charge in [-0.1, -0.05) is 55.8 Å². The van der Waals surface area contributed by atoms with Gasteiger partial charge in [-0.15, -0.1) is 0 Å². The molecular formula is C29H34N2O5. The maximum atomic E-state index is 13.2. The highest BCUT2D eigenvalue weighted by molar-refractivity contribution is 5.97. The van der Waals surface area contributed by atoms with Gasteiger partial charge in [-0.05, 0) is 56.9 Å². The minimum Gasteiger partial charge on any atom is -0.462 e. The SMILES string of the molecule is CCCCc1ncc(C(=O)OCC)c(=O)n1Cc1ccc(-c2ccccc2C(=O)OC(C)(C)C)cc1. The van der Waals surface area contributed by atoms with Gasteiger partial charge in [0.15, 0.2) is 0 Å². The van der Waals surface area contributed by atoms with E-state index >= 15 is 0 Å². The largest absolute Gasteiger partial charge is 0.462 e. The molecule has 0 aliphatic heterocycles.